The molecule has 0 unspecified atom stereocenters. The molecule has 174 valence electrons. The first-order chi connectivity index (χ1) is 17.0. The van der Waals surface area contributed by atoms with Crippen molar-refractivity contribution in [3.63, 3.8) is 0 Å². The second-order valence-electron chi connectivity index (χ2n) is 7.10. The minimum atomic E-state index is -0.621. The molecule has 2 heterocycles. The molecule has 4 aromatic rings. The highest BCUT2D eigenvalue weighted by atomic mass is 32.1. The summed E-state index contributed by atoms with van der Waals surface area (Å²) in [5, 5.41) is 19.4. The minimum absolute atomic E-state index is 0.0233. The average Bonchev–Trinajstić information content (AvgIpc) is 3.56. The van der Waals surface area contributed by atoms with Crippen molar-refractivity contribution in [2.75, 3.05) is 0 Å². The summed E-state index contributed by atoms with van der Waals surface area (Å²) in [6.45, 7) is 0. The quantitative estimate of drug-likeness (QED) is 0.159. The summed E-state index contributed by atoms with van der Waals surface area (Å²) in [6.07, 6.45) is 2.85. The molecule has 0 aliphatic rings. The van der Waals surface area contributed by atoms with Crippen molar-refractivity contribution in [1.29, 1.82) is 0 Å². The molecular formula is C25H18N4O5S. The van der Waals surface area contributed by atoms with Gasteiger partial charge in [-0.2, -0.15) is 5.10 Å². The fourth-order valence-electron chi connectivity index (χ4n) is 3.02. The van der Waals surface area contributed by atoms with Crippen molar-refractivity contribution in [3.05, 3.63) is 116 Å². The van der Waals surface area contributed by atoms with Crippen LogP contribution in [0.25, 0.3) is 17.4 Å². The van der Waals surface area contributed by atoms with Crippen LogP contribution in [0.4, 0.5) is 5.69 Å². The van der Waals surface area contributed by atoms with Gasteiger partial charge in [-0.25, -0.2) is 5.43 Å². The molecule has 2 N–H and O–H groups in total. The van der Waals surface area contributed by atoms with Crippen molar-refractivity contribution in [2.45, 2.75) is 0 Å². The van der Waals surface area contributed by atoms with Crippen LogP contribution in [0.3, 0.4) is 0 Å². The number of hydrogen-bond donors (Lipinski definition) is 2. The van der Waals surface area contributed by atoms with Crippen molar-refractivity contribution in [1.82, 2.24) is 10.7 Å². The second-order valence-corrected chi connectivity index (χ2v) is 8.08. The number of benzene rings is 2. The smallest absolute Gasteiger partial charge is 0.287 e. The predicted octanol–water partition coefficient (Wildman–Crippen LogP) is 4.84. The standard InChI is InChI=1S/C25H18N4O5S/c30-24(17-6-2-1-3-7-17)27-22(15-21-10-5-13-35-21)25(31)28-26-16-20-11-12-23(34-20)18-8-4-9-19(14-18)29(32)33/h1-16H,(H,27,30)(H,28,31)/b22-15-,26-16-. The van der Waals surface area contributed by atoms with Gasteiger partial charge in [-0.1, -0.05) is 36.4 Å². The van der Waals surface area contributed by atoms with E-state index in [4.69, 9.17) is 4.42 Å². The summed E-state index contributed by atoms with van der Waals surface area (Å²) in [5.74, 6) is -0.316. The van der Waals surface area contributed by atoms with Crippen LogP contribution in [0.1, 0.15) is 21.0 Å². The molecule has 2 aromatic heterocycles. The summed E-state index contributed by atoms with van der Waals surface area (Å²) in [5.41, 5.74) is 3.29. The summed E-state index contributed by atoms with van der Waals surface area (Å²) in [6, 6.07) is 21.5. The van der Waals surface area contributed by atoms with Gasteiger partial charge in [0.15, 0.2) is 0 Å². The summed E-state index contributed by atoms with van der Waals surface area (Å²) >= 11 is 1.41. The number of non-ortho nitro benzene ring substituents is 1. The van der Waals surface area contributed by atoms with Gasteiger partial charge in [0, 0.05) is 28.1 Å². The van der Waals surface area contributed by atoms with E-state index in [0.717, 1.165) is 4.88 Å². The van der Waals surface area contributed by atoms with Gasteiger partial charge in [-0.15, -0.1) is 11.3 Å². The lowest BCUT2D eigenvalue weighted by Gasteiger charge is -2.08. The van der Waals surface area contributed by atoms with Crippen molar-refractivity contribution < 1.29 is 18.9 Å². The molecule has 0 atom stereocenters. The maximum atomic E-state index is 12.8. The average molecular weight is 487 g/mol. The Kier molecular flexibility index (Phi) is 7.24. The zero-order valence-corrected chi connectivity index (χ0v) is 18.9. The SMILES string of the molecule is O=C(N/N=C\c1ccc(-c2cccc([N+](=O)[O-])c2)o1)/C(=C/c1cccs1)NC(=O)c1ccccc1. The van der Waals surface area contributed by atoms with Crippen molar-refractivity contribution in [3.8, 4) is 11.3 Å². The Balaban J connectivity index is 1.46. The number of hydrazone groups is 1. The topological polar surface area (TPSA) is 127 Å². The zero-order chi connectivity index (χ0) is 24.6. The van der Waals surface area contributed by atoms with Crippen molar-refractivity contribution in [2.24, 2.45) is 5.10 Å². The van der Waals surface area contributed by atoms with E-state index in [-0.39, 0.29) is 11.4 Å². The maximum Gasteiger partial charge on any atom is 0.287 e. The van der Waals surface area contributed by atoms with Crippen molar-refractivity contribution >= 4 is 41.1 Å². The number of furan rings is 1. The van der Waals surface area contributed by atoms with Crippen LogP contribution in [0.15, 0.2) is 99.5 Å². The third kappa shape index (κ3) is 6.15. The van der Waals surface area contributed by atoms with E-state index in [1.807, 2.05) is 17.5 Å². The van der Waals surface area contributed by atoms with E-state index in [1.165, 1.54) is 29.7 Å². The van der Waals surface area contributed by atoms with E-state index < -0.39 is 16.7 Å². The van der Waals surface area contributed by atoms with Gasteiger partial charge in [-0.05, 0) is 41.8 Å². The molecule has 9 nitrogen and oxygen atoms in total. The van der Waals surface area contributed by atoms with E-state index in [0.29, 0.717) is 22.6 Å². The molecule has 4 rings (SSSR count). The van der Waals surface area contributed by atoms with Gasteiger partial charge in [0.2, 0.25) is 0 Å². The highest BCUT2D eigenvalue weighted by Crippen LogP contribution is 2.25. The molecule has 0 spiro atoms. The van der Waals surface area contributed by atoms with Crippen LogP contribution in [-0.4, -0.2) is 23.0 Å². The second kappa shape index (κ2) is 10.9. The number of hydrogen-bond acceptors (Lipinski definition) is 7. The lowest BCUT2D eigenvalue weighted by atomic mass is 10.1. The molecule has 0 fully saturated rings. The van der Waals surface area contributed by atoms with Crippen LogP contribution < -0.4 is 10.7 Å². The van der Waals surface area contributed by atoms with Gasteiger partial charge >= 0.3 is 0 Å². The third-order valence-electron chi connectivity index (χ3n) is 4.68. The Morgan fingerprint density at radius 3 is 2.57 bits per heavy atom. The van der Waals surface area contributed by atoms with Crippen LogP contribution in [0, 0.1) is 10.1 Å². The van der Waals surface area contributed by atoms with Gasteiger partial charge in [-0.3, -0.25) is 19.7 Å². The molecule has 2 aromatic carbocycles. The largest absolute Gasteiger partial charge is 0.455 e. The number of amides is 2. The van der Waals surface area contributed by atoms with Crippen LogP contribution in [0.2, 0.25) is 0 Å². The fraction of sp³-hybridized carbons (Fsp3) is 0. The van der Waals surface area contributed by atoms with Crippen LogP contribution >= 0.6 is 11.3 Å². The minimum Gasteiger partial charge on any atom is -0.455 e. The normalized spacial score (nSPS) is 11.4. The number of nitro groups is 1. The Morgan fingerprint density at radius 2 is 1.83 bits per heavy atom. The summed E-state index contributed by atoms with van der Waals surface area (Å²) < 4.78 is 5.65. The number of rotatable bonds is 8. The highest BCUT2D eigenvalue weighted by molar-refractivity contribution is 7.10. The van der Waals surface area contributed by atoms with Gasteiger partial charge in [0.25, 0.3) is 17.5 Å². The Bertz CT molecular complexity index is 1410. The number of carbonyl (C=O) groups excluding carboxylic acids is 2. The van der Waals surface area contributed by atoms with E-state index in [1.54, 1.807) is 60.7 Å². The van der Waals surface area contributed by atoms with Gasteiger partial charge < -0.3 is 9.73 Å². The zero-order valence-electron chi connectivity index (χ0n) is 18.1. The summed E-state index contributed by atoms with van der Waals surface area (Å²) in [4.78, 5) is 36.6. The monoisotopic (exact) mass is 486 g/mol. The first-order valence-corrected chi connectivity index (χ1v) is 11.2. The number of nitro benzene ring substituents is 1. The first kappa shape index (κ1) is 23.3. The Morgan fingerprint density at radius 1 is 1.00 bits per heavy atom. The Labute approximate surface area is 203 Å². The molecule has 0 aliphatic heterocycles. The molecule has 0 bridgehead atoms. The molecule has 0 radical (unpaired) electrons. The van der Waals surface area contributed by atoms with E-state index >= 15 is 0 Å². The lowest BCUT2D eigenvalue weighted by molar-refractivity contribution is -0.384. The number of thiophene rings is 1. The number of carbonyl (C=O) groups is 2. The predicted molar refractivity (Wildman–Crippen MR) is 133 cm³/mol. The van der Waals surface area contributed by atoms with Crippen LogP contribution in [0.5, 0.6) is 0 Å². The van der Waals surface area contributed by atoms with Gasteiger partial charge in [0.1, 0.15) is 17.2 Å². The van der Waals surface area contributed by atoms with Crippen LogP contribution in [-0.2, 0) is 4.79 Å². The lowest BCUT2D eigenvalue weighted by Crippen LogP contribution is -2.32. The molecule has 2 amide bonds. The third-order valence-corrected chi connectivity index (χ3v) is 5.50. The number of nitrogens with zero attached hydrogens (tertiary/aromatic N) is 2. The molecule has 35 heavy (non-hydrogen) atoms. The summed E-state index contributed by atoms with van der Waals surface area (Å²) in [7, 11) is 0. The molecule has 0 saturated heterocycles. The number of nitrogens with one attached hydrogen (secondary N) is 2. The maximum absolute atomic E-state index is 12.8. The molecule has 0 aliphatic carbocycles. The van der Waals surface area contributed by atoms with E-state index in [2.05, 4.69) is 15.8 Å². The molecular weight excluding hydrogens is 468 g/mol. The first-order valence-electron chi connectivity index (χ1n) is 10.3. The highest BCUT2D eigenvalue weighted by Gasteiger charge is 2.15. The molecule has 10 heteroatoms. The Hall–Kier alpha value is -4.83. The van der Waals surface area contributed by atoms with Gasteiger partial charge in [0.05, 0.1) is 11.1 Å². The molecule has 0 saturated carbocycles. The van der Waals surface area contributed by atoms with E-state index in [9.17, 15) is 19.7 Å². The fourth-order valence-corrected chi connectivity index (χ4v) is 3.68.